The first-order valence-electron chi connectivity index (χ1n) is 8.97. The summed E-state index contributed by atoms with van der Waals surface area (Å²) in [6.45, 7) is 5.66. The number of halogens is 1. The Bertz CT molecular complexity index is 495. The second-order valence-corrected chi connectivity index (χ2v) is 7.55. The number of ether oxygens (including phenoxy) is 1. The van der Waals surface area contributed by atoms with Gasteiger partial charge in [0.2, 0.25) is 0 Å². The Kier molecular flexibility index (Phi) is 11.6. The maximum atomic E-state index is 5.27. The average molecular weight is 477 g/mol. The van der Waals surface area contributed by atoms with Crippen molar-refractivity contribution in [3.05, 3.63) is 30.3 Å². The van der Waals surface area contributed by atoms with Crippen LogP contribution >= 0.6 is 35.7 Å². The van der Waals surface area contributed by atoms with Crippen molar-refractivity contribution in [1.82, 2.24) is 10.6 Å². The Labute approximate surface area is 174 Å². The number of rotatable bonds is 10. The zero-order valence-electron chi connectivity index (χ0n) is 15.4. The molecule has 0 aliphatic heterocycles. The lowest BCUT2D eigenvalue weighted by Gasteiger charge is -2.40. The summed E-state index contributed by atoms with van der Waals surface area (Å²) in [5.74, 6) is 1.97. The van der Waals surface area contributed by atoms with Crippen LogP contribution in [0.15, 0.2) is 40.2 Å². The van der Waals surface area contributed by atoms with E-state index in [-0.39, 0.29) is 24.0 Å². The molecule has 1 aliphatic rings. The largest absolute Gasteiger partial charge is 0.385 e. The van der Waals surface area contributed by atoms with Crippen molar-refractivity contribution >= 4 is 41.7 Å². The highest BCUT2D eigenvalue weighted by Gasteiger charge is 2.36. The van der Waals surface area contributed by atoms with Gasteiger partial charge >= 0.3 is 0 Å². The van der Waals surface area contributed by atoms with Crippen molar-refractivity contribution in [3.8, 4) is 0 Å². The number of hydrogen-bond acceptors (Lipinski definition) is 3. The van der Waals surface area contributed by atoms with Crippen LogP contribution in [0.5, 0.6) is 0 Å². The first-order valence-corrected chi connectivity index (χ1v) is 9.95. The highest BCUT2D eigenvalue weighted by Crippen LogP contribution is 2.44. The maximum absolute atomic E-state index is 5.27. The number of nitrogens with one attached hydrogen (secondary N) is 2. The third-order valence-electron chi connectivity index (χ3n) is 4.57. The molecule has 0 amide bonds. The average Bonchev–Trinajstić information content (AvgIpc) is 2.58. The Hall–Kier alpha value is -0.470. The van der Waals surface area contributed by atoms with Crippen LogP contribution in [0.3, 0.4) is 0 Å². The van der Waals surface area contributed by atoms with Gasteiger partial charge in [-0.3, -0.25) is 4.99 Å². The summed E-state index contributed by atoms with van der Waals surface area (Å²) in [7, 11) is 1.78. The second-order valence-electron chi connectivity index (χ2n) is 6.38. The predicted octanol–water partition coefficient (Wildman–Crippen LogP) is 4.16. The molecule has 0 heterocycles. The molecule has 2 N–H and O–H groups in total. The maximum Gasteiger partial charge on any atom is 0.191 e. The molecule has 142 valence electrons. The quantitative estimate of drug-likeness (QED) is 0.175. The fraction of sp³-hybridized carbons (Fsp3) is 0.632. The molecule has 0 radical (unpaired) electrons. The summed E-state index contributed by atoms with van der Waals surface area (Å²) < 4.78 is 5.27. The van der Waals surface area contributed by atoms with Crippen LogP contribution < -0.4 is 10.6 Å². The number of thioether (sulfide) groups is 1. The molecule has 1 aromatic carbocycles. The lowest BCUT2D eigenvalue weighted by Crippen LogP contribution is -2.41. The standard InChI is InChI=1S/C19H31N3OS.HI/c1-3-20-18(21-13-15-24-17-8-5-4-6-9-17)22-16-19(10-7-11-19)12-14-23-2;/h4-6,8-9H,3,7,10-16H2,1-2H3,(H2,20,21,22);1H. The van der Waals surface area contributed by atoms with Crippen LogP contribution in [-0.4, -0.2) is 45.1 Å². The minimum absolute atomic E-state index is 0. The van der Waals surface area contributed by atoms with Gasteiger partial charge in [-0.1, -0.05) is 24.6 Å². The van der Waals surface area contributed by atoms with E-state index in [2.05, 4.69) is 47.9 Å². The summed E-state index contributed by atoms with van der Waals surface area (Å²) >= 11 is 1.87. The van der Waals surface area contributed by atoms with Crippen LogP contribution in [0.1, 0.15) is 32.6 Å². The molecule has 1 aromatic rings. The molecule has 1 fully saturated rings. The van der Waals surface area contributed by atoms with Gasteiger partial charge in [0.05, 0.1) is 0 Å². The Morgan fingerprint density at radius 2 is 2.00 bits per heavy atom. The minimum atomic E-state index is 0. The van der Waals surface area contributed by atoms with Gasteiger partial charge in [0.1, 0.15) is 0 Å². The third-order valence-corrected chi connectivity index (χ3v) is 5.59. The minimum Gasteiger partial charge on any atom is -0.385 e. The molecule has 0 aromatic heterocycles. The first-order chi connectivity index (χ1) is 11.8. The van der Waals surface area contributed by atoms with Gasteiger partial charge < -0.3 is 15.4 Å². The Morgan fingerprint density at radius 3 is 2.60 bits per heavy atom. The molecule has 1 aliphatic carbocycles. The monoisotopic (exact) mass is 477 g/mol. The van der Waals surface area contributed by atoms with Gasteiger partial charge in [-0.25, -0.2) is 0 Å². The van der Waals surface area contributed by atoms with E-state index < -0.39 is 0 Å². The molecule has 0 bridgehead atoms. The van der Waals surface area contributed by atoms with Crippen molar-refractivity contribution in [2.75, 3.05) is 39.1 Å². The zero-order chi connectivity index (χ0) is 17.1. The molecule has 1 saturated carbocycles. The lowest BCUT2D eigenvalue weighted by molar-refractivity contribution is 0.0778. The molecule has 0 unspecified atom stereocenters. The van der Waals surface area contributed by atoms with Crippen molar-refractivity contribution in [3.63, 3.8) is 0 Å². The van der Waals surface area contributed by atoms with Crippen LogP contribution in [-0.2, 0) is 4.74 Å². The van der Waals surface area contributed by atoms with Gasteiger partial charge in [0.15, 0.2) is 5.96 Å². The van der Waals surface area contributed by atoms with E-state index >= 15 is 0 Å². The summed E-state index contributed by atoms with van der Waals surface area (Å²) in [5, 5.41) is 6.81. The van der Waals surface area contributed by atoms with Gasteiger partial charge in [-0.2, -0.15) is 0 Å². The van der Waals surface area contributed by atoms with E-state index in [0.29, 0.717) is 5.41 Å². The van der Waals surface area contributed by atoms with Gasteiger partial charge in [-0.05, 0) is 43.7 Å². The van der Waals surface area contributed by atoms with E-state index in [0.717, 1.165) is 44.4 Å². The molecule has 25 heavy (non-hydrogen) atoms. The van der Waals surface area contributed by atoms with Crippen LogP contribution in [0, 0.1) is 5.41 Å². The number of hydrogen-bond donors (Lipinski definition) is 2. The summed E-state index contributed by atoms with van der Waals surface area (Å²) in [6.07, 6.45) is 5.01. The van der Waals surface area contributed by atoms with Crippen LogP contribution in [0.4, 0.5) is 0 Å². The number of nitrogens with zero attached hydrogens (tertiary/aromatic N) is 1. The molecule has 4 nitrogen and oxygen atoms in total. The summed E-state index contributed by atoms with van der Waals surface area (Å²) in [6, 6.07) is 10.5. The molecular formula is C19H32IN3OS. The van der Waals surface area contributed by atoms with E-state index in [4.69, 9.17) is 9.73 Å². The van der Waals surface area contributed by atoms with Crippen molar-refractivity contribution in [2.45, 2.75) is 37.5 Å². The molecule has 0 saturated heterocycles. The van der Waals surface area contributed by atoms with Crippen molar-refractivity contribution in [1.29, 1.82) is 0 Å². The zero-order valence-corrected chi connectivity index (χ0v) is 18.6. The predicted molar refractivity (Wildman–Crippen MR) is 119 cm³/mol. The number of benzene rings is 1. The highest BCUT2D eigenvalue weighted by atomic mass is 127. The Morgan fingerprint density at radius 1 is 1.24 bits per heavy atom. The number of aliphatic imine (C=N–C) groups is 1. The van der Waals surface area contributed by atoms with Gasteiger partial charge in [0, 0.05) is 44.0 Å². The van der Waals surface area contributed by atoms with E-state index in [1.54, 1.807) is 7.11 Å². The normalized spacial score (nSPS) is 15.8. The third kappa shape index (κ3) is 8.17. The van der Waals surface area contributed by atoms with E-state index in [1.165, 1.54) is 24.2 Å². The number of guanidine groups is 1. The first kappa shape index (κ1) is 22.6. The van der Waals surface area contributed by atoms with E-state index in [1.807, 2.05) is 11.8 Å². The highest BCUT2D eigenvalue weighted by molar-refractivity contribution is 14.0. The molecule has 0 atom stereocenters. The molecule has 0 spiro atoms. The van der Waals surface area contributed by atoms with Crippen molar-refractivity contribution < 1.29 is 4.74 Å². The smallest absolute Gasteiger partial charge is 0.191 e. The van der Waals surface area contributed by atoms with Crippen LogP contribution in [0.25, 0.3) is 0 Å². The van der Waals surface area contributed by atoms with E-state index in [9.17, 15) is 0 Å². The Balaban J connectivity index is 0.00000312. The fourth-order valence-electron chi connectivity index (χ4n) is 2.93. The topological polar surface area (TPSA) is 45.7 Å². The SMILES string of the molecule is CCNC(=NCC1(CCOC)CCC1)NCCSc1ccccc1.I. The molecule has 6 heteroatoms. The molecule has 2 rings (SSSR count). The van der Waals surface area contributed by atoms with Gasteiger partial charge in [0.25, 0.3) is 0 Å². The fourth-order valence-corrected chi connectivity index (χ4v) is 3.72. The van der Waals surface area contributed by atoms with Gasteiger partial charge in [-0.15, -0.1) is 35.7 Å². The summed E-state index contributed by atoms with van der Waals surface area (Å²) in [5.41, 5.74) is 0.372. The second kappa shape index (κ2) is 12.8. The summed E-state index contributed by atoms with van der Waals surface area (Å²) in [4.78, 5) is 6.15. The molecular weight excluding hydrogens is 445 g/mol. The van der Waals surface area contributed by atoms with Crippen molar-refractivity contribution in [2.24, 2.45) is 10.4 Å². The number of methoxy groups -OCH3 is 1. The lowest BCUT2D eigenvalue weighted by atomic mass is 9.67. The van der Waals surface area contributed by atoms with Crippen LogP contribution in [0.2, 0.25) is 0 Å².